The zero-order valence-corrected chi connectivity index (χ0v) is 22.2. The number of nitrogens with zero attached hydrogens (tertiary/aromatic N) is 1. The molecule has 4 rings (SSSR count). The van der Waals surface area contributed by atoms with Crippen LogP contribution in [0.2, 0.25) is 5.02 Å². The van der Waals surface area contributed by atoms with E-state index in [0.29, 0.717) is 42.1 Å². The highest BCUT2D eigenvalue weighted by atomic mass is 35.5. The second-order valence-electron chi connectivity index (χ2n) is 9.03. The van der Waals surface area contributed by atoms with Gasteiger partial charge in [-0.3, -0.25) is 4.79 Å². The molecule has 0 aliphatic carbocycles. The number of methoxy groups -OCH3 is 1. The topological polar surface area (TPSA) is 80.4 Å². The van der Waals surface area contributed by atoms with Crippen molar-refractivity contribution in [2.75, 3.05) is 25.4 Å². The molecule has 2 amide bonds. The molecular formula is C26H34Cl2N2O5. The number of carbonyl (C=O) groups excluding carboxylic acids is 2. The van der Waals surface area contributed by atoms with Gasteiger partial charge in [0.1, 0.15) is 16.9 Å². The maximum absolute atomic E-state index is 12.9. The Kier molecular flexibility index (Phi) is 9.89. The molecule has 2 saturated heterocycles. The minimum Gasteiger partial charge on any atom is -0.495 e. The number of halogens is 2. The third kappa shape index (κ3) is 7.38. The number of epoxide rings is 1. The van der Waals surface area contributed by atoms with Gasteiger partial charge in [0.15, 0.2) is 0 Å². The first-order chi connectivity index (χ1) is 16.8. The van der Waals surface area contributed by atoms with Crippen molar-refractivity contribution in [2.24, 2.45) is 0 Å². The van der Waals surface area contributed by atoms with Crippen LogP contribution in [-0.4, -0.2) is 56.9 Å². The summed E-state index contributed by atoms with van der Waals surface area (Å²) in [5.74, 6) is 0.512. The number of anilines is 1. The SMILES string of the molecule is CCl.COc1cc2cc(c1Cl)N(C)C(=O)CCC1O[C@H]1CC1CC(C/C=C/C=C(\C)C2)NC(=O)O1. The van der Waals surface area contributed by atoms with Crippen molar-refractivity contribution < 1.29 is 23.8 Å². The summed E-state index contributed by atoms with van der Waals surface area (Å²) in [4.78, 5) is 26.5. The molecule has 35 heavy (non-hydrogen) atoms. The van der Waals surface area contributed by atoms with Crippen LogP contribution in [0.25, 0.3) is 0 Å². The standard InChI is InChI=1S/C25H31ClN2O5.CH3Cl/c1-15-6-4-5-7-17-13-18(32-25(30)27-17)14-21-20(33-21)8-9-23(29)28(2)19-11-16(10-15)12-22(31-3)24(19)26;1-2/h4-6,11-12,17-18,20-21H,7-10,13-14H2,1-3H3,(H,27,30);1H3/b5-4+,15-6+;/t17?,18?,20?,21-;/m0./s1. The summed E-state index contributed by atoms with van der Waals surface area (Å²) in [5.41, 5.74) is 2.80. The fourth-order valence-electron chi connectivity index (χ4n) is 4.53. The summed E-state index contributed by atoms with van der Waals surface area (Å²) in [6.07, 6.45) is 10.9. The highest BCUT2D eigenvalue weighted by molar-refractivity contribution is 6.35. The highest BCUT2D eigenvalue weighted by Crippen LogP contribution is 2.38. The van der Waals surface area contributed by atoms with E-state index in [9.17, 15) is 9.59 Å². The van der Waals surface area contributed by atoms with E-state index >= 15 is 0 Å². The fourth-order valence-corrected chi connectivity index (χ4v) is 4.85. The van der Waals surface area contributed by atoms with E-state index in [1.807, 2.05) is 18.2 Å². The number of carbonyl (C=O) groups is 2. The number of allylic oxidation sites excluding steroid dienone is 3. The van der Waals surface area contributed by atoms with Crippen molar-refractivity contribution >= 4 is 40.9 Å². The lowest BCUT2D eigenvalue weighted by Gasteiger charge is -2.29. The summed E-state index contributed by atoms with van der Waals surface area (Å²) in [5, 5.41) is 3.32. The quantitative estimate of drug-likeness (QED) is 0.391. The lowest BCUT2D eigenvalue weighted by atomic mass is 9.99. The molecular weight excluding hydrogens is 491 g/mol. The zero-order valence-electron chi connectivity index (χ0n) is 20.7. The molecule has 9 heteroatoms. The van der Waals surface area contributed by atoms with Crippen LogP contribution in [0, 0.1) is 0 Å². The van der Waals surface area contributed by atoms with Crippen LogP contribution in [0.4, 0.5) is 10.5 Å². The summed E-state index contributed by atoms with van der Waals surface area (Å²) >= 11 is 11.2. The first-order valence-electron chi connectivity index (χ1n) is 11.8. The van der Waals surface area contributed by atoms with Crippen molar-refractivity contribution in [3.05, 3.63) is 46.5 Å². The number of ether oxygens (including phenoxy) is 3. The van der Waals surface area contributed by atoms with Crippen molar-refractivity contribution in [3.8, 4) is 5.75 Å². The molecule has 3 aliphatic heterocycles. The third-order valence-electron chi connectivity index (χ3n) is 6.42. The Morgan fingerprint density at radius 2 is 1.94 bits per heavy atom. The van der Waals surface area contributed by atoms with Gasteiger partial charge in [-0.25, -0.2) is 4.79 Å². The third-order valence-corrected chi connectivity index (χ3v) is 6.80. The number of alkyl carbamates (subject to hydrolysis) is 1. The predicted octanol–water partition coefficient (Wildman–Crippen LogP) is 5.42. The van der Waals surface area contributed by atoms with Gasteiger partial charge in [-0.15, -0.1) is 11.6 Å². The van der Waals surface area contributed by atoms with Crippen molar-refractivity contribution in [2.45, 2.75) is 69.8 Å². The number of benzene rings is 1. The van der Waals surface area contributed by atoms with Gasteiger partial charge in [-0.05, 0) is 43.9 Å². The normalized spacial score (nSPS) is 29.3. The Labute approximate surface area is 217 Å². The van der Waals surface area contributed by atoms with E-state index in [1.165, 1.54) is 6.38 Å². The van der Waals surface area contributed by atoms with E-state index in [0.717, 1.165) is 24.0 Å². The molecule has 0 saturated carbocycles. The number of hydrogen-bond acceptors (Lipinski definition) is 5. The van der Waals surface area contributed by atoms with Crippen LogP contribution in [0.3, 0.4) is 0 Å². The van der Waals surface area contributed by atoms with E-state index in [2.05, 4.69) is 36.0 Å². The summed E-state index contributed by atoms with van der Waals surface area (Å²) in [7, 11) is 3.31. The van der Waals surface area contributed by atoms with E-state index in [1.54, 1.807) is 19.1 Å². The molecule has 192 valence electrons. The van der Waals surface area contributed by atoms with Crippen molar-refractivity contribution in [1.82, 2.24) is 5.32 Å². The van der Waals surface area contributed by atoms with Crippen LogP contribution >= 0.6 is 23.2 Å². The lowest BCUT2D eigenvalue weighted by Crippen LogP contribution is -2.45. The molecule has 0 aromatic heterocycles. The highest BCUT2D eigenvalue weighted by Gasteiger charge is 2.42. The van der Waals surface area contributed by atoms with Crippen molar-refractivity contribution in [3.63, 3.8) is 0 Å². The van der Waals surface area contributed by atoms with Gasteiger partial charge in [0.25, 0.3) is 0 Å². The van der Waals surface area contributed by atoms with Gasteiger partial charge >= 0.3 is 6.09 Å². The summed E-state index contributed by atoms with van der Waals surface area (Å²) in [6.45, 7) is 2.06. The molecule has 0 spiro atoms. The van der Waals surface area contributed by atoms with Gasteiger partial charge in [0.2, 0.25) is 5.91 Å². The largest absolute Gasteiger partial charge is 0.495 e. The summed E-state index contributed by atoms with van der Waals surface area (Å²) in [6, 6.07) is 3.90. The van der Waals surface area contributed by atoms with Gasteiger partial charge in [-0.1, -0.05) is 35.4 Å². The molecule has 4 bridgehead atoms. The van der Waals surface area contributed by atoms with E-state index in [-0.39, 0.29) is 36.4 Å². The Hall–Kier alpha value is -2.22. The minimum absolute atomic E-state index is 0.0135. The molecule has 7 nitrogen and oxygen atoms in total. The Balaban J connectivity index is 0.00000167. The van der Waals surface area contributed by atoms with Gasteiger partial charge in [-0.2, -0.15) is 0 Å². The van der Waals surface area contributed by atoms with Crippen LogP contribution < -0.4 is 15.0 Å². The predicted molar refractivity (Wildman–Crippen MR) is 139 cm³/mol. The molecule has 1 aromatic carbocycles. The maximum Gasteiger partial charge on any atom is 0.407 e. The minimum atomic E-state index is -0.374. The van der Waals surface area contributed by atoms with Crippen molar-refractivity contribution in [1.29, 1.82) is 0 Å². The lowest BCUT2D eigenvalue weighted by molar-refractivity contribution is -0.118. The Morgan fingerprint density at radius 3 is 2.69 bits per heavy atom. The Morgan fingerprint density at radius 1 is 1.17 bits per heavy atom. The number of alkyl halides is 1. The Bertz CT molecular complexity index is 981. The molecule has 3 unspecified atom stereocenters. The number of fused-ring (bicyclic) bond motifs is 5. The molecule has 4 atom stereocenters. The zero-order chi connectivity index (χ0) is 25.5. The average Bonchev–Trinajstić information content (AvgIpc) is 3.58. The van der Waals surface area contributed by atoms with E-state index < -0.39 is 0 Å². The molecule has 3 aliphatic rings. The van der Waals surface area contributed by atoms with Crippen LogP contribution in [0.5, 0.6) is 5.75 Å². The first-order valence-corrected chi connectivity index (χ1v) is 12.9. The van der Waals surface area contributed by atoms with Gasteiger partial charge in [0, 0.05) is 38.7 Å². The maximum atomic E-state index is 12.9. The smallest absolute Gasteiger partial charge is 0.407 e. The molecule has 1 N–H and O–H groups in total. The van der Waals surface area contributed by atoms with E-state index in [4.69, 9.17) is 25.8 Å². The average molecular weight is 525 g/mol. The number of nitrogens with one attached hydrogen (secondary N) is 1. The summed E-state index contributed by atoms with van der Waals surface area (Å²) < 4.78 is 16.7. The van der Waals surface area contributed by atoms with Gasteiger partial charge < -0.3 is 24.4 Å². The van der Waals surface area contributed by atoms with Gasteiger partial charge in [0.05, 0.1) is 25.0 Å². The molecule has 3 heterocycles. The molecule has 0 radical (unpaired) electrons. The van der Waals surface area contributed by atoms with Crippen LogP contribution in [0.15, 0.2) is 35.9 Å². The molecule has 1 aromatic rings. The number of amides is 2. The first kappa shape index (κ1) is 27.4. The monoisotopic (exact) mass is 524 g/mol. The second kappa shape index (κ2) is 12.7. The van der Waals surface area contributed by atoms with Crippen LogP contribution in [0.1, 0.15) is 44.6 Å². The second-order valence-corrected chi connectivity index (χ2v) is 9.41. The fraction of sp³-hybridized carbons (Fsp3) is 0.538. The number of hydrogen-bond donors (Lipinski definition) is 1. The molecule has 2 fully saturated rings. The number of rotatable bonds is 1. The van der Waals surface area contributed by atoms with Crippen LogP contribution in [-0.2, 0) is 20.7 Å².